The Balaban J connectivity index is 1.87. The van der Waals surface area contributed by atoms with Gasteiger partial charge in [0.1, 0.15) is 5.01 Å². The summed E-state index contributed by atoms with van der Waals surface area (Å²) in [4.78, 5) is 9.10. The van der Waals surface area contributed by atoms with Crippen LogP contribution in [0.2, 0.25) is 0 Å². The van der Waals surface area contributed by atoms with Crippen molar-refractivity contribution < 1.29 is 8.42 Å². The van der Waals surface area contributed by atoms with Gasteiger partial charge >= 0.3 is 0 Å². The van der Waals surface area contributed by atoms with Crippen LogP contribution in [0, 0.1) is 0 Å². The molecule has 2 N–H and O–H groups in total. The van der Waals surface area contributed by atoms with Crippen molar-refractivity contribution in [1.29, 1.82) is 0 Å². The molecule has 0 aliphatic carbocycles. The summed E-state index contributed by atoms with van der Waals surface area (Å²) in [6.45, 7) is 5.42. The zero-order valence-electron chi connectivity index (χ0n) is 14.9. The van der Waals surface area contributed by atoms with Crippen molar-refractivity contribution in [3.05, 3.63) is 45.9 Å². The van der Waals surface area contributed by atoms with Crippen LogP contribution in [0.4, 0.5) is 0 Å². The zero-order valence-corrected chi connectivity index (χ0v) is 16.5. The fourth-order valence-electron chi connectivity index (χ4n) is 2.09. The van der Waals surface area contributed by atoms with E-state index in [1.165, 1.54) is 6.26 Å². The molecular formula is C17H24N4O2S2. The number of rotatable bonds is 6. The number of nitrogens with one attached hydrogen (secondary N) is 2. The lowest BCUT2D eigenvalue weighted by Crippen LogP contribution is -2.36. The van der Waals surface area contributed by atoms with Crippen LogP contribution in [-0.4, -0.2) is 32.7 Å². The number of aromatic nitrogens is 1. The Labute approximate surface area is 153 Å². The van der Waals surface area contributed by atoms with Gasteiger partial charge < -0.3 is 10.6 Å². The second-order valence-electron chi connectivity index (χ2n) is 6.02. The molecule has 1 aromatic carbocycles. The fourth-order valence-corrected chi connectivity index (χ4v) is 3.62. The van der Waals surface area contributed by atoms with Gasteiger partial charge in [-0.1, -0.05) is 26.0 Å². The van der Waals surface area contributed by atoms with Crippen molar-refractivity contribution in [3.8, 4) is 0 Å². The van der Waals surface area contributed by atoms with Gasteiger partial charge in [-0.25, -0.2) is 13.4 Å². The Hall–Kier alpha value is -1.93. The highest BCUT2D eigenvalue weighted by molar-refractivity contribution is 7.90. The summed E-state index contributed by atoms with van der Waals surface area (Å²) in [6, 6.07) is 6.83. The van der Waals surface area contributed by atoms with Gasteiger partial charge in [-0.3, -0.25) is 4.99 Å². The van der Waals surface area contributed by atoms with Crippen LogP contribution in [0.25, 0.3) is 0 Å². The summed E-state index contributed by atoms with van der Waals surface area (Å²) < 4.78 is 22.9. The average molecular weight is 381 g/mol. The number of hydrogen-bond donors (Lipinski definition) is 2. The molecule has 0 aliphatic rings. The predicted octanol–water partition coefficient (Wildman–Crippen LogP) is 2.54. The lowest BCUT2D eigenvalue weighted by atomic mass is 10.2. The van der Waals surface area contributed by atoms with Crippen LogP contribution in [0.15, 0.2) is 39.5 Å². The fraction of sp³-hybridized carbons (Fsp3) is 0.412. The summed E-state index contributed by atoms with van der Waals surface area (Å²) in [5, 5.41) is 9.55. The van der Waals surface area contributed by atoms with Gasteiger partial charge in [0, 0.05) is 25.2 Å². The van der Waals surface area contributed by atoms with Gasteiger partial charge in [0.25, 0.3) is 0 Å². The maximum absolute atomic E-state index is 11.5. The molecule has 0 unspecified atom stereocenters. The van der Waals surface area contributed by atoms with Crippen molar-refractivity contribution in [2.75, 3.05) is 13.3 Å². The first-order valence-corrected chi connectivity index (χ1v) is 10.7. The number of hydrogen-bond acceptors (Lipinski definition) is 5. The SMILES string of the molecule is CN=C(NCc1ccc(S(C)(=O)=O)cc1)NCc1nc(C(C)C)cs1. The molecule has 0 radical (unpaired) electrons. The van der Waals surface area contributed by atoms with Crippen LogP contribution >= 0.6 is 11.3 Å². The number of aliphatic imine (C=N–C) groups is 1. The standard InChI is InChI=1S/C17H24N4O2S2/c1-12(2)15-11-24-16(21-15)10-20-17(18-3)19-9-13-5-7-14(8-6-13)25(4,22)23/h5-8,11-12H,9-10H2,1-4H3,(H2,18,19,20). The topological polar surface area (TPSA) is 83.5 Å². The minimum Gasteiger partial charge on any atom is -0.352 e. The normalized spacial score (nSPS) is 12.4. The van der Waals surface area contributed by atoms with Gasteiger partial charge in [0.2, 0.25) is 0 Å². The van der Waals surface area contributed by atoms with E-state index >= 15 is 0 Å². The third-order valence-corrected chi connectivity index (χ3v) is 5.60. The van der Waals surface area contributed by atoms with E-state index in [2.05, 4.69) is 39.8 Å². The Kier molecular flexibility index (Phi) is 6.55. The van der Waals surface area contributed by atoms with Crippen LogP contribution in [0.3, 0.4) is 0 Å². The van der Waals surface area contributed by atoms with Crippen LogP contribution in [0.1, 0.15) is 36.0 Å². The molecule has 8 heteroatoms. The highest BCUT2D eigenvalue weighted by Crippen LogP contribution is 2.17. The molecule has 6 nitrogen and oxygen atoms in total. The second kappa shape index (κ2) is 8.44. The Morgan fingerprint density at radius 3 is 2.36 bits per heavy atom. The van der Waals surface area contributed by atoms with Gasteiger partial charge in [-0.05, 0) is 23.6 Å². The lowest BCUT2D eigenvalue weighted by molar-refractivity contribution is 0.602. The molecule has 0 atom stereocenters. The number of nitrogens with zero attached hydrogens (tertiary/aromatic N) is 2. The maximum Gasteiger partial charge on any atom is 0.191 e. The van der Waals surface area contributed by atoms with Crippen molar-refractivity contribution in [2.24, 2.45) is 4.99 Å². The Morgan fingerprint density at radius 1 is 1.20 bits per heavy atom. The quantitative estimate of drug-likeness (QED) is 0.594. The number of thiazole rings is 1. The first-order valence-electron chi connectivity index (χ1n) is 7.97. The molecule has 0 amide bonds. The first kappa shape index (κ1) is 19.4. The molecule has 0 saturated heterocycles. The van der Waals surface area contributed by atoms with Crippen molar-refractivity contribution >= 4 is 27.1 Å². The predicted molar refractivity (Wildman–Crippen MR) is 103 cm³/mol. The summed E-state index contributed by atoms with van der Waals surface area (Å²) in [6.07, 6.45) is 1.20. The molecule has 0 saturated carbocycles. The second-order valence-corrected chi connectivity index (χ2v) is 8.97. The minimum atomic E-state index is -3.16. The minimum absolute atomic E-state index is 0.323. The van der Waals surface area contributed by atoms with E-state index in [0.717, 1.165) is 16.3 Å². The van der Waals surface area contributed by atoms with Crippen LogP contribution < -0.4 is 10.6 Å². The van der Waals surface area contributed by atoms with E-state index in [1.54, 1.807) is 42.6 Å². The van der Waals surface area contributed by atoms with E-state index in [0.29, 0.717) is 29.9 Å². The molecule has 0 fully saturated rings. The largest absolute Gasteiger partial charge is 0.352 e. The van der Waals surface area contributed by atoms with Gasteiger partial charge in [0.15, 0.2) is 15.8 Å². The lowest BCUT2D eigenvalue weighted by Gasteiger charge is -2.11. The highest BCUT2D eigenvalue weighted by Gasteiger charge is 2.08. The third-order valence-electron chi connectivity index (χ3n) is 3.60. The summed E-state index contributed by atoms with van der Waals surface area (Å²) >= 11 is 1.64. The summed E-state index contributed by atoms with van der Waals surface area (Å²) in [5.41, 5.74) is 2.09. The smallest absolute Gasteiger partial charge is 0.191 e. The van der Waals surface area contributed by atoms with E-state index in [-0.39, 0.29) is 0 Å². The molecule has 1 aromatic heterocycles. The van der Waals surface area contributed by atoms with E-state index in [1.807, 2.05) is 0 Å². The Morgan fingerprint density at radius 2 is 1.84 bits per heavy atom. The van der Waals surface area contributed by atoms with Gasteiger partial charge in [-0.15, -0.1) is 11.3 Å². The van der Waals surface area contributed by atoms with E-state index in [9.17, 15) is 8.42 Å². The van der Waals surface area contributed by atoms with Crippen LogP contribution in [0.5, 0.6) is 0 Å². The maximum atomic E-state index is 11.5. The molecule has 0 aliphatic heterocycles. The molecule has 1 heterocycles. The molecule has 0 bridgehead atoms. The van der Waals surface area contributed by atoms with E-state index < -0.39 is 9.84 Å². The molecule has 2 aromatic rings. The monoisotopic (exact) mass is 380 g/mol. The highest BCUT2D eigenvalue weighted by atomic mass is 32.2. The van der Waals surface area contributed by atoms with Crippen molar-refractivity contribution in [2.45, 2.75) is 37.8 Å². The third kappa shape index (κ3) is 5.82. The molecule has 2 rings (SSSR count). The van der Waals surface area contributed by atoms with Crippen LogP contribution in [-0.2, 0) is 22.9 Å². The van der Waals surface area contributed by atoms with E-state index in [4.69, 9.17) is 0 Å². The van der Waals surface area contributed by atoms with Crippen molar-refractivity contribution in [3.63, 3.8) is 0 Å². The van der Waals surface area contributed by atoms with Crippen molar-refractivity contribution in [1.82, 2.24) is 15.6 Å². The zero-order chi connectivity index (χ0) is 18.4. The molecular weight excluding hydrogens is 356 g/mol. The summed E-state index contributed by atoms with van der Waals surface area (Å²) in [5.74, 6) is 1.10. The summed E-state index contributed by atoms with van der Waals surface area (Å²) in [7, 11) is -1.45. The van der Waals surface area contributed by atoms with Gasteiger partial charge in [0.05, 0.1) is 17.1 Å². The Bertz CT molecular complexity index is 825. The molecule has 0 spiro atoms. The molecule has 136 valence electrons. The molecule has 25 heavy (non-hydrogen) atoms. The number of sulfone groups is 1. The first-order chi connectivity index (χ1) is 11.8. The average Bonchev–Trinajstić information content (AvgIpc) is 3.04. The van der Waals surface area contributed by atoms with Gasteiger partial charge in [-0.2, -0.15) is 0 Å². The number of guanidine groups is 1. The number of benzene rings is 1.